The van der Waals surface area contributed by atoms with Gasteiger partial charge in [-0.1, -0.05) is 43.0 Å². The molecule has 122 valence electrons. The highest BCUT2D eigenvalue weighted by atomic mass is 32.2. The molecule has 0 unspecified atom stereocenters. The number of hydrogen-bond donors (Lipinski definition) is 1. The molecule has 2 aromatic carbocycles. The van der Waals surface area contributed by atoms with Crippen molar-refractivity contribution in [1.82, 2.24) is 0 Å². The van der Waals surface area contributed by atoms with E-state index in [-0.39, 0.29) is 11.6 Å². The Bertz CT molecular complexity index is 621. The smallest absolute Gasteiger partial charge is 0.153 e. The van der Waals surface area contributed by atoms with Gasteiger partial charge in [0.15, 0.2) is 5.17 Å². The number of rotatable bonds is 5. The van der Waals surface area contributed by atoms with Crippen molar-refractivity contribution in [2.45, 2.75) is 18.8 Å². The Morgan fingerprint density at radius 3 is 1.83 bits per heavy atom. The average Bonchev–Trinajstić information content (AvgIpc) is 2.55. The van der Waals surface area contributed by atoms with Crippen LogP contribution in [0.25, 0.3) is 0 Å². The predicted molar refractivity (Wildman–Crippen MR) is 93.9 cm³/mol. The van der Waals surface area contributed by atoms with Crippen LogP contribution in [0.5, 0.6) is 0 Å². The van der Waals surface area contributed by atoms with E-state index in [0.717, 1.165) is 11.1 Å². The number of benzene rings is 2. The average molecular weight is 334 g/mol. The molecule has 0 aliphatic rings. The summed E-state index contributed by atoms with van der Waals surface area (Å²) >= 11 is 1.40. The van der Waals surface area contributed by atoms with E-state index in [1.165, 1.54) is 36.0 Å². The minimum absolute atomic E-state index is 0.278. The molecule has 0 atom stereocenters. The zero-order chi connectivity index (χ0) is 16.9. The van der Waals surface area contributed by atoms with Crippen LogP contribution in [0.15, 0.2) is 53.5 Å². The van der Waals surface area contributed by atoms with Crippen LogP contribution in [0.1, 0.15) is 24.5 Å². The molecule has 0 saturated heterocycles. The molecule has 0 amide bonds. The van der Waals surface area contributed by atoms with Crippen molar-refractivity contribution in [1.29, 1.82) is 0 Å². The van der Waals surface area contributed by atoms with Gasteiger partial charge in [0.2, 0.25) is 0 Å². The molecule has 0 aliphatic heterocycles. The van der Waals surface area contributed by atoms with Gasteiger partial charge < -0.3 is 5.73 Å². The Labute approximate surface area is 139 Å². The van der Waals surface area contributed by atoms with E-state index in [2.05, 4.69) is 11.9 Å². The standard InChI is InChI=1S/C18H20F2N2S/c1-18(11-12-22-17(21)23-2,13-3-7-15(19)8-4-13)14-5-9-16(20)10-6-14/h3-10H,11-12H2,1-2H3,(H2,21,22). The summed E-state index contributed by atoms with van der Waals surface area (Å²) in [6, 6.07) is 12.8. The van der Waals surface area contributed by atoms with Crippen molar-refractivity contribution < 1.29 is 8.78 Å². The minimum Gasteiger partial charge on any atom is -0.379 e. The normalized spacial score (nSPS) is 12.4. The van der Waals surface area contributed by atoms with Crippen molar-refractivity contribution >= 4 is 16.9 Å². The first kappa shape index (κ1) is 17.5. The fourth-order valence-electron chi connectivity index (χ4n) is 2.55. The first-order valence-electron chi connectivity index (χ1n) is 7.32. The molecule has 2 rings (SSSR count). The molecule has 0 bridgehead atoms. The van der Waals surface area contributed by atoms with Crippen molar-refractivity contribution in [3.63, 3.8) is 0 Å². The van der Waals surface area contributed by atoms with Crippen molar-refractivity contribution in [2.24, 2.45) is 10.7 Å². The second-order valence-corrected chi connectivity index (χ2v) is 6.35. The number of aliphatic imine (C=N–C) groups is 1. The van der Waals surface area contributed by atoms with Gasteiger partial charge in [-0.3, -0.25) is 4.99 Å². The summed E-state index contributed by atoms with van der Waals surface area (Å²) in [4.78, 5) is 4.32. The van der Waals surface area contributed by atoms with Gasteiger partial charge in [0.05, 0.1) is 0 Å². The predicted octanol–water partition coefficient (Wildman–Crippen LogP) is 4.34. The molecule has 0 spiro atoms. The fourth-order valence-corrected chi connectivity index (χ4v) is 2.77. The minimum atomic E-state index is -0.399. The summed E-state index contributed by atoms with van der Waals surface area (Å²) in [7, 11) is 0. The van der Waals surface area contributed by atoms with E-state index in [0.29, 0.717) is 18.1 Å². The zero-order valence-corrected chi connectivity index (χ0v) is 14.0. The SMILES string of the molecule is CSC(N)=NCCC(C)(c1ccc(F)cc1)c1ccc(F)cc1. The first-order valence-corrected chi connectivity index (χ1v) is 8.54. The summed E-state index contributed by atoms with van der Waals surface area (Å²) in [5, 5.41) is 0.533. The van der Waals surface area contributed by atoms with Gasteiger partial charge >= 0.3 is 0 Å². The van der Waals surface area contributed by atoms with E-state index in [1.54, 1.807) is 24.3 Å². The second kappa shape index (κ2) is 7.59. The third-order valence-electron chi connectivity index (χ3n) is 4.05. The van der Waals surface area contributed by atoms with Crippen LogP contribution >= 0.6 is 11.8 Å². The Morgan fingerprint density at radius 1 is 1.00 bits per heavy atom. The Balaban J connectivity index is 2.37. The largest absolute Gasteiger partial charge is 0.379 e. The van der Waals surface area contributed by atoms with Gasteiger partial charge in [0.25, 0.3) is 0 Å². The maximum Gasteiger partial charge on any atom is 0.153 e. The molecule has 2 aromatic rings. The number of hydrogen-bond acceptors (Lipinski definition) is 2. The van der Waals surface area contributed by atoms with Crippen molar-refractivity contribution in [2.75, 3.05) is 12.8 Å². The molecule has 2 N–H and O–H groups in total. The maximum absolute atomic E-state index is 13.2. The Morgan fingerprint density at radius 2 is 1.43 bits per heavy atom. The Kier molecular flexibility index (Phi) is 5.77. The monoisotopic (exact) mass is 334 g/mol. The topological polar surface area (TPSA) is 38.4 Å². The number of halogens is 2. The molecule has 5 heteroatoms. The lowest BCUT2D eigenvalue weighted by Crippen LogP contribution is -2.25. The highest BCUT2D eigenvalue weighted by Gasteiger charge is 2.28. The molecule has 0 heterocycles. The number of nitrogens with two attached hydrogens (primary N) is 1. The molecule has 0 aromatic heterocycles. The van der Waals surface area contributed by atoms with Gasteiger partial charge in [-0.15, -0.1) is 0 Å². The first-order chi connectivity index (χ1) is 11.0. The van der Waals surface area contributed by atoms with Crippen LogP contribution < -0.4 is 5.73 Å². The van der Waals surface area contributed by atoms with E-state index in [9.17, 15) is 8.78 Å². The van der Waals surface area contributed by atoms with Crippen LogP contribution in [-0.4, -0.2) is 18.0 Å². The van der Waals surface area contributed by atoms with Crippen LogP contribution in [0.2, 0.25) is 0 Å². The maximum atomic E-state index is 13.2. The van der Waals surface area contributed by atoms with Gasteiger partial charge in [-0.25, -0.2) is 8.78 Å². The summed E-state index contributed by atoms with van der Waals surface area (Å²) < 4.78 is 26.5. The summed E-state index contributed by atoms with van der Waals surface area (Å²) in [6.07, 6.45) is 2.56. The molecule has 2 nitrogen and oxygen atoms in total. The lowest BCUT2D eigenvalue weighted by Gasteiger charge is -2.30. The third-order valence-corrected chi connectivity index (χ3v) is 4.60. The lowest BCUT2D eigenvalue weighted by molar-refractivity contribution is 0.524. The van der Waals surface area contributed by atoms with E-state index < -0.39 is 5.41 Å². The lowest BCUT2D eigenvalue weighted by atomic mass is 9.74. The summed E-state index contributed by atoms with van der Waals surface area (Å²) in [6.45, 7) is 2.59. The molecule has 23 heavy (non-hydrogen) atoms. The van der Waals surface area contributed by atoms with Crippen molar-refractivity contribution in [3.8, 4) is 0 Å². The van der Waals surface area contributed by atoms with Crippen LogP contribution in [0.3, 0.4) is 0 Å². The van der Waals surface area contributed by atoms with Gasteiger partial charge in [-0.2, -0.15) is 0 Å². The van der Waals surface area contributed by atoms with Gasteiger partial charge in [0, 0.05) is 12.0 Å². The van der Waals surface area contributed by atoms with Crippen molar-refractivity contribution in [3.05, 3.63) is 71.3 Å². The number of amidine groups is 1. The molecule has 0 aliphatic carbocycles. The highest BCUT2D eigenvalue weighted by Crippen LogP contribution is 2.35. The summed E-state index contributed by atoms with van der Waals surface area (Å²) in [5.41, 5.74) is 7.26. The van der Waals surface area contributed by atoms with Gasteiger partial charge in [0.1, 0.15) is 11.6 Å². The third kappa shape index (κ3) is 4.32. The molecular weight excluding hydrogens is 314 g/mol. The van der Waals surface area contributed by atoms with Crippen LogP contribution in [0.4, 0.5) is 8.78 Å². The zero-order valence-electron chi connectivity index (χ0n) is 13.2. The molecule has 0 fully saturated rings. The molecule has 0 saturated carbocycles. The molecular formula is C18H20F2N2S. The van der Waals surface area contributed by atoms with E-state index in [4.69, 9.17) is 5.73 Å². The van der Waals surface area contributed by atoms with E-state index >= 15 is 0 Å². The van der Waals surface area contributed by atoms with Gasteiger partial charge in [-0.05, 0) is 48.1 Å². The molecule has 0 radical (unpaired) electrons. The van der Waals surface area contributed by atoms with E-state index in [1.807, 2.05) is 6.26 Å². The second-order valence-electron chi connectivity index (χ2n) is 5.52. The number of thioether (sulfide) groups is 1. The van der Waals surface area contributed by atoms with Crippen LogP contribution in [-0.2, 0) is 5.41 Å². The number of nitrogens with zero attached hydrogens (tertiary/aromatic N) is 1. The quantitative estimate of drug-likeness (QED) is 0.652. The highest BCUT2D eigenvalue weighted by molar-refractivity contribution is 8.13. The summed E-state index contributed by atoms with van der Waals surface area (Å²) in [5.74, 6) is -0.556. The fraction of sp³-hybridized carbons (Fsp3) is 0.278. The van der Waals surface area contributed by atoms with Crippen LogP contribution in [0, 0.1) is 11.6 Å². The Hall–Kier alpha value is -1.88.